The van der Waals surface area contributed by atoms with E-state index in [1.807, 2.05) is 54.0 Å². The van der Waals surface area contributed by atoms with Crippen molar-refractivity contribution in [1.82, 2.24) is 19.6 Å². The van der Waals surface area contributed by atoms with E-state index in [9.17, 15) is 18.0 Å². The van der Waals surface area contributed by atoms with Crippen LogP contribution < -0.4 is 14.8 Å². The van der Waals surface area contributed by atoms with E-state index in [0.717, 1.165) is 11.3 Å². The summed E-state index contributed by atoms with van der Waals surface area (Å²) in [5.74, 6) is -0.640. The first kappa shape index (κ1) is 28.9. The minimum absolute atomic E-state index is 0.213. The number of carbonyl (C=O) groups is 2. The van der Waals surface area contributed by atoms with Crippen LogP contribution in [0.15, 0.2) is 73.3 Å². The number of hydrogen-bond acceptors (Lipinski definition) is 6. The van der Waals surface area contributed by atoms with Crippen LogP contribution in [0.1, 0.15) is 32.3 Å². The van der Waals surface area contributed by atoms with Gasteiger partial charge in [0.2, 0.25) is 10.0 Å². The van der Waals surface area contributed by atoms with E-state index in [-0.39, 0.29) is 18.9 Å². The number of Topliss-reactive ketones (excluding diaryl/α,β-unsaturated/α-hetero) is 1. The Balaban J connectivity index is 1.69. The summed E-state index contributed by atoms with van der Waals surface area (Å²) >= 11 is 0. The first-order chi connectivity index (χ1) is 18.2. The molecule has 0 fully saturated rings. The van der Waals surface area contributed by atoms with Crippen LogP contribution in [0.3, 0.4) is 0 Å². The third-order valence-electron chi connectivity index (χ3n) is 6.33. The number of carbonyl (C=O) groups excluding carboxylic acids is 1. The SMILES string of the molecule is CCC(C)C(CS(=O)(=O)NC(CCc1ccccc1)C(=O)COc1ccc(-n2ccnc2)cc1)NC(=O)O. The summed E-state index contributed by atoms with van der Waals surface area (Å²) < 4.78 is 36.1. The number of aromatic nitrogens is 2. The molecule has 0 saturated carbocycles. The fourth-order valence-corrected chi connectivity index (χ4v) is 5.58. The number of imidazole rings is 1. The summed E-state index contributed by atoms with van der Waals surface area (Å²) in [6.45, 7) is 3.31. The van der Waals surface area contributed by atoms with Gasteiger partial charge in [-0.1, -0.05) is 50.6 Å². The standard InChI is InChI=1S/C27H34N4O6S/c1-3-20(2)25(29-27(33)34)18-38(35,36)30-24(14-9-21-7-5-4-6-8-21)26(32)17-37-23-12-10-22(11-13-23)31-16-15-28-19-31/h4-8,10-13,15-16,19-20,24-25,29-30H,3,9,14,17-18H2,1-2H3,(H,33,34). The molecule has 2 aromatic carbocycles. The maximum atomic E-state index is 13.1. The quantitative estimate of drug-likeness (QED) is 0.267. The van der Waals surface area contributed by atoms with Gasteiger partial charge in [-0.05, 0) is 48.6 Å². The van der Waals surface area contributed by atoms with Gasteiger partial charge in [0.1, 0.15) is 12.4 Å². The van der Waals surface area contributed by atoms with E-state index >= 15 is 0 Å². The minimum Gasteiger partial charge on any atom is -0.486 e. The molecule has 1 heterocycles. The Kier molecular flexibility index (Phi) is 10.4. The van der Waals surface area contributed by atoms with Crippen molar-refractivity contribution >= 4 is 21.9 Å². The van der Waals surface area contributed by atoms with Gasteiger partial charge in [-0.3, -0.25) is 4.79 Å². The normalized spacial score (nSPS) is 13.8. The molecule has 38 heavy (non-hydrogen) atoms. The van der Waals surface area contributed by atoms with Gasteiger partial charge >= 0.3 is 6.09 Å². The Morgan fingerprint density at radius 2 is 1.82 bits per heavy atom. The van der Waals surface area contributed by atoms with Crippen molar-refractivity contribution in [3.63, 3.8) is 0 Å². The van der Waals surface area contributed by atoms with Crippen LogP contribution in [-0.2, 0) is 21.2 Å². The molecule has 0 aliphatic heterocycles. The van der Waals surface area contributed by atoms with Crippen molar-refractivity contribution < 1.29 is 27.9 Å². The summed E-state index contributed by atoms with van der Waals surface area (Å²) in [5.41, 5.74) is 1.84. The molecule has 204 valence electrons. The largest absolute Gasteiger partial charge is 0.486 e. The molecule has 1 amide bonds. The lowest BCUT2D eigenvalue weighted by molar-refractivity contribution is -0.122. The van der Waals surface area contributed by atoms with Crippen LogP contribution in [0.4, 0.5) is 4.79 Å². The smallest absolute Gasteiger partial charge is 0.404 e. The van der Waals surface area contributed by atoms with Crippen molar-refractivity contribution in [2.24, 2.45) is 5.92 Å². The van der Waals surface area contributed by atoms with E-state index < -0.39 is 39.7 Å². The third-order valence-corrected chi connectivity index (χ3v) is 7.78. The topological polar surface area (TPSA) is 140 Å². The number of hydrogen-bond donors (Lipinski definition) is 3. The van der Waals surface area contributed by atoms with Gasteiger partial charge in [0.05, 0.1) is 18.1 Å². The number of carboxylic acid groups (broad SMARTS) is 1. The summed E-state index contributed by atoms with van der Waals surface area (Å²) in [4.78, 5) is 28.4. The maximum Gasteiger partial charge on any atom is 0.404 e. The molecular formula is C27H34N4O6S. The second-order valence-electron chi connectivity index (χ2n) is 9.14. The highest BCUT2D eigenvalue weighted by molar-refractivity contribution is 7.89. The van der Waals surface area contributed by atoms with Crippen LogP contribution in [0.5, 0.6) is 5.75 Å². The van der Waals surface area contributed by atoms with Gasteiger partial charge in [0.25, 0.3) is 0 Å². The number of aryl methyl sites for hydroxylation is 1. The van der Waals surface area contributed by atoms with Gasteiger partial charge in [0.15, 0.2) is 5.78 Å². The lowest BCUT2D eigenvalue weighted by Gasteiger charge is -2.24. The van der Waals surface area contributed by atoms with Crippen molar-refractivity contribution in [3.8, 4) is 11.4 Å². The number of nitrogens with one attached hydrogen (secondary N) is 2. The van der Waals surface area contributed by atoms with E-state index in [4.69, 9.17) is 9.84 Å². The molecule has 0 saturated heterocycles. The zero-order chi connectivity index (χ0) is 27.5. The van der Waals surface area contributed by atoms with E-state index in [2.05, 4.69) is 15.0 Å². The predicted molar refractivity (Wildman–Crippen MR) is 144 cm³/mol. The average molecular weight is 543 g/mol. The number of sulfonamides is 1. The zero-order valence-corrected chi connectivity index (χ0v) is 22.3. The number of ether oxygens (including phenoxy) is 1. The third kappa shape index (κ3) is 9.00. The van der Waals surface area contributed by atoms with Crippen LogP contribution in [0.25, 0.3) is 5.69 Å². The molecule has 0 bridgehead atoms. The monoisotopic (exact) mass is 542 g/mol. The fourth-order valence-electron chi connectivity index (χ4n) is 3.92. The molecule has 3 rings (SSSR count). The number of benzene rings is 2. The first-order valence-corrected chi connectivity index (χ1v) is 14.1. The molecule has 3 N–H and O–H groups in total. The van der Waals surface area contributed by atoms with Crippen molar-refractivity contribution in [2.75, 3.05) is 12.4 Å². The maximum absolute atomic E-state index is 13.1. The van der Waals surface area contributed by atoms with E-state index in [1.165, 1.54) is 0 Å². The van der Waals surface area contributed by atoms with Gasteiger partial charge < -0.3 is 19.7 Å². The average Bonchev–Trinajstić information content (AvgIpc) is 3.44. The lowest BCUT2D eigenvalue weighted by atomic mass is 10.0. The molecule has 3 unspecified atom stereocenters. The summed E-state index contributed by atoms with van der Waals surface area (Å²) in [5, 5.41) is 11.4. The number of ketones is 1. The highest BCUT2D eigenvalue weighted by Gasteiger charge is 2.29. The number of nitrogens with zero attached hydrogens (tertiary/aromatic N) is 2. The number of amides is 1. The predicted octanol–water partition coefficient (Wildman–Crippen LogP) is 3.42. The molecule has 0 radical (unpaired) electrons. The Morgan fingerprint density at radius 1 is 1.11 bits per heavy atom. The molecule has 3 aromatic rings. The second kappa shape index (κ2) is 13.7. The van der Waals surface area contributed by atoms with Crippen LogP contribution in [0.2, 0.25) is 0 Å². The molecule has 0 aliphatic carbocycles. The molecule has 0 spiro atoms. The zero-order valence-electron chi connectivity index (χ0n) is 21.5. The van der Waals surface area contributed by atoms with Crippen LogP contribution in [0, 0.1) is 5.92 Å². The van der Waals surface area contributed by atoms with Crippen molar-refractivity contribution in [3.05, 3.63) is 78.9 Å². The molecule has 3 atom stereocenters. The van der Waals surface area contributed by atoms with Gasteiger partial charge in [-0.25, -0.2) is 22.9 Å². The van der Waals surface area contributed by atoms with Gasteiger partial charge in [-0.2, -0.15) is 0 Å². The Hall–Kier alpha value is -3.70. The van der Waals surface area contributed by atoms with Crippen LogP contribution in [-0.4, -0.2) is 59.4 Å². The van der Waals surface area contributed by atoms with Crippen LogP contribution >= 0.6 is 0 Å². The second-order valence-corrected chi connectivity index (χ2v) is 10.9. The Morgan fingerprint density at radius 3 is 2.42 bits per heavy atom. The highest BCUT2D eigenvalue weighted by Crippen LogP contribution is 2.16. The van der Waals surface area contributed by atoms with E-state index in [0.29, 0.717) is 18.6 Å². The molecule has 11 heteroatoms. The molecule has 10 nitrogen and oxygen atoms in total. The van der Waals surface area contributed by atoms with Gasteiger partial charge in [-0.15, -0.1) is 0 Å². The van der Waals surface area contributed by atoms with Crippen molar-refractivity contribution in [1.29, 1.82) is 0 Å². The van der Waals surface area contributed by atoms with Gasteiger partial charge in [0, 0.05) is 24.1 Å². The highest BCUT2D eigenvalue weighted by atomic mass is 32.2. The first-order valence-electron chi connectivity index (χ1n) is 12.4. The number of rotatable bonds is 15. The molecular weight excluding hydrogens is 508 g/mol. The fraction of sp³-hybridized carbons (Fsp3) is 0.370. The summed E-state index contributed by atoms with van der Waals surface area (Å²) in [6.07, 6.45) is 5.13. The Bertz CT molecular complexity index is 1260. The minimum atomic E-state index is -4.00. The summed E-state index contributed by atoms with van der Waals surface area (Å²) in [6, 6.07) is 14.7. The molecule has 0 aliphatic rings. The molecule has 1 aromatic heterocycles. The van der Waals surface area contributed by atoms with E-state index in [1.54, 1.807) is 37.8 Å². The Labute approximate surface area is 223 Å². The summed E-state index contributed by atoms with van der Waals surface area (Å²) in [7, 11) is -4.00. The van der Waals surface area contributed by atoms with Crippen molar-refractivity contribution in [2.45, 2.75) is 45.2 Å². The lowest BCUT2D eigenvalue weighted by Crippen LogP contribution is -2.50.